The molecule has 0 saturated heterocycles. The maximum Gasteiger partial charge on any atom is 0.256 e. The number of hydrogen-bond donors (Lipinski definition) is 1. The third kappa shape index (κ3) is 4.06. The number of carbonyl (C=O) groups excluding carboxylic acids is 1. The zero-order valence-electron chi connectivity index (χ0n) is 14.0. The van der Waals surface area contributed by atoms with Gasteiger partial charge < -0.3 is 5.32 Å². The van der Waals surface area contributed by atoms with Gasteiger partial charge in [-0.2, -0.15) is 5.10 Å². The topological polar surface area (TPSA) is 46.9 Å². The van der Waals surface area contributed by atoms with Crippen molar-refractivity contribution in [2.75, 3.05) is 0 Å². The smallest absolute Gasteiger partial charge is 0.256 e. The molecule has 3 rings (SSSR count). The van der Waals surface area contributed by atoms with Crippen LogP contribution in [-0.2, 0) is 13.1 Å². The van der Waals surface area contributed by atoms with Crippen molar-refractivity contribution in [1.29, 1.82) is 0 Å². The Bertz CT molecular complexity index is 938. The third-order valence-corrected chi connectivity index (χ3v) is 4.69. The molecule has 0 aliphatic rings. The molecule has 26 heavy (non-hydrogen) atoms. The number of halogens is 3. The van der Waals surface area contributed by atoms with Gasteiger partial charge in [0.15, 0.2) is 0 Å². The van der Waals surface area contributed by atoms with Gasteiger partial charge in [-0.05, 0) is 36.2 Å². The van der Waals surface area contributed by atoms with Crippen molar-refractivity contribution in [2.45, 2.75) is 20.0 Å². The molecule has 0 atom stereocenters. The van der Waals surface area contributed by atoms with Crippen molar-refractivity contribution in [2.24, 2.45) is 0 Å². The Morgan fingerprint density at radius 1 is 1.15 bits per heavy atom. The van der Waals surface area contributed by atoms with Crippen LogP contribution >= 0.6 is 23.2 Å². The van der Waals surface area contributed by atoms with Crippen LogP contribution in [0.15, 0.2) is 48.5 Å². The van der Waals surface area contributed by atoms with Crippen molar-refractivity contribution in [3.05, 3.63) is 86.9 Å². The van der Waals surface area contributed by atoms with Crippen molar-refractivity contribution < 1.29 is 9.18 Å². The fourth-order valence-electron chi connectivity index (χ4n) is 2.58. The zero-order valence-corrected chi connectivity index (χ0v) is 15.5. The molecule has 4 nitrogen and oxygen atoms in total. The summed E-state index contributed by atoms with van der Waals surface area (Å²) < 4.78 is 14.5. The van der Waals surface area contributed by atoms with Gasteiger partial charge in [0.1, 0.15) is 11.0 Å². The van der Waals surface area contributed by atoms with E-state index in [1.165, 1.54) is 12.1 Å². The van der Waals surface area contributed by atoms with Gasteiger partial charge in [-0.25, -0.2) is 9.07 Å². The lowest BCUT2D eigenvalue weighted by Gasteiger charge is -2.07. The molecule has 7 heteroatoms. The Kier molecular flexibility index (Phi) is 5.59. The molecular weight excluding hydrogens is 376 g/mol. The molecule has 0 bridgehead atoms. The molecule has 3 aromatic rings. The van der Waals surface area contributed by atoms with Crippen molar-refractivity contribution in [1.82, 2.24) is 15.1 Å². The average Bonchev–Trinajstić information content (AvgIpc) is 2.90. The van der Waals surface area contributed by atoms with Gasteiger partial charge in [0, 0.05) is 11.6 Å². The van der Waals surface area contributed by atoms with Gasteiger partial charge in [-0.1, -0.05) is 53.5 Å². The van der Waals surface area contributed by atoms with E-state index < -0.39 is 0 Å². The van der Waals surface area contributed by atoms with Crippen LogP contribution in [0.4, 0.5) is 4.39 Å². The normalized spacial score (nSPS) is 10.8. The highest BCUT2D eigenvalue weighted by molar-refractivity contribution is 6.33. The van der Waals surface area contributed by atoms with Gasteiger partial charge in [0.2, 0.25) is 0 Å². The van der Waals surface area contributed by atoms with Crippen LogP contribution in [-0.4, -0.2) is 15.7 Å². The zero-order chi connectivity index (χ0) is 18.7. The van der Waals surface area contributed by atoms with Crippen LogP contribution in [0.1, 0.15) is 27.2 Å². The van der Waals surface area contributed by atoms with Crippen molar-refractivity contribution >= 4 is 29.1 Å². The summed E-state index contributed by atoms with van der Waals surface area (Å²) in [5, 5.41) is 7.99. The number of aromatic nitrogens is 2. The predicted molar refractivity (Wildman–Crippen MR) is 100 cm³/mol. The summed E-state index contributed by atoms with van der Waals surface area (Å²) in [4.78, 5) is 12.5. The quantitative estimate of drug-likeness (QED) is 0.689. The standard InChI is InChI=1S/C19H16Cl2FN3O/c1-12-17(19(26)23-10-13-6-8-15(22)9-7-13)18(21)25(24-12)11-14-4-2-3-5-16(14)20/h2-9H,10-11H2,1H3,(H,23,26). The van der Waals surface area contributed by atoms with E-state index in [4.69, 9.17) is 23.2 Å². The van der Waals surface area contributed by atoms with Crippen LogP contribution in [0, 0.1) is 12.7 Å². The predicted octanol–water partition coefficient (Wildman–Crippen LogP) is 4.62. The minimum Gasteiger partial charge on any atom is -0.348 e. The first-order chi connectivity index (χ1) is 12.5. The molecule has 0 aliphatic carbocycles. The third-order valence-electron chi connectivity index (χ3n) is 3.94. The summed E-state index contributed by atoms with van der Waals surface area (Å²) in [5.74, 6) is -0.651. The molecule has 1 heterocycles. The Balaban J connectivity index is 1.75. The molecule has 2 aromatic carbocycles. The highest BCUT2D eigenvalue weighted by atomic mass is 35.5. The van der Waals surface area contributed by atoms with E-state index in [9.17, 15) is 9.18 Å². The number of aryl methyl sites for hydroxylation is 1. The first-order valence-electron chi connectivity index (χ1n) is 7.94. The molecule has 0 unspecified atom stereocenters. The minimum atomic E-state index is -0.331. The van der Waals surface area contributed by atoms with Crippen LogP contribution in [0.2, 0.25) is 10.2 Å². The lowest BCUT2D eigenvalue weighted by molar-refractivity contribution is 0.0950. The number of hydrogen-bond acceptors (Lipinski definition) is 2. The minimum absolute atomic E-state index is 0.249. The molecule has 1 N–H and O–H groups in total. The average molecular weight is 392 g/mol. The number of nitrogens with zero attached hydrogens (tertiary/aromatic N) is 2. The number of nitrogens with one attached hydrogen (secondary N) is 1. The van der Waals surface area contributed by atoms with Gasteiger partial charge >= 0.3 is 0 Å². The monoisotopic (exact) mass is 391 g/mol. The molecule has 0 spiro atoms. The Morgan fingerprint density at radius 3 is 2.54 bits per heavy atom. The molecule has 0 radical (unpaired) electrons. The number of benzene rings is 2. The van der Waals surface area contributed by atoms with Gasteiger partial charge in [0.25, 0.3) is 5.91 Å². The Hall–Kier alpha value is -2.37. The van der Waals surface area contributed by atoms with E-state index in [1.807, 2.05) is 18.2 Å². The van der Waals surface area contributed by atoms with Crippen LogP contribution in [0.25, 0.3) is 0 Å². The van der Waals surface area contributed by atoms with E-state index in [1.54, 1.807) is 29.8 Å². The largest absolute Gasteiger partial charge is 0.348 e. The van der Waals surface area contributed by atoms with Crippen LogP contribution < -0.4 is 5.32 Å². The van der Waals surface area contributed by atoms with E-state index in [2.05, 4.69) is 10.4 Å². The second-order valence-corrected chi connectivity index (χ2v) is 6.57. The van der Waals surface area contributed by atoms with Gasteiger partial charge in [-0.15, -0.1) is 0 Å². The molecule has 1 amide bonds. The second-order valence-electron chi connectivity index (χ2n) is 5.81. The lowest BCUT2D eigenvalue weighted by atomic mass is 10.2. The van der Waals surface area contributed by atoms with Gasteiger partial charge in [-0.3, -0.25) is 4.79 Å². The molecule has 134 valence electrons. The van der Waals surface area contributed by atoms with E-state index in [0.29, 0.717) is 22.8 Å². The molecule has 1 aromatic heterocycles. The number of rotatable bonds is 5. The summed E-state index contributed by atoms with van der Waals surface area (Å²) in [6.45, 7) is 2.36. The number of amides is 1. The van der Waals surface area contributed by atoms with E-state index in [-0.39, 0.29) is 23.4 Å². The fourth-order valence-corrected chi connectivity index (χ4v) is 3.09. The van der Waals surface area contributed by atoms with E-state index >= 15 is 0 Å². The first-order valence-corrected chi connectivity index (χ1v) is 8.70. The maximum absolute atomic E-state index is 12.9. The highest BCUT2D eigenvalue weighted by Crippen LogP contribution is 2.23. The van der Waals surface area contributed by atoms with Gasteiger partial charge in [0.05, 0.1) is 17.8 Å². The number of carbonyl (C=O) groups is 1. The van der Waals surface area contributed by atoms with E-state index in [0.717, 1.165) is 11.1 Å². The fraction of sp³-hybridized carbons (Fsp3) is 0.158. The summed E-state index contributed by atoms with van der Waals surface area (Å²) in [6.07, 6.45) is 0. The van der Waals surface area contributed by atoms with Crippen LogP contribution in [0.5, 0.6) is 0 Å². The maximum atomic E-state index is 12.9. The van der Waals surface area contributed by atoms with Crippen molar-refractivity contribution in [3.63, 3.8) is 0 Å². The molecule has 0 aliphatic heterocycles. The summed E-state index contributed by atoms with van der Waals surface area (Å²) in [5.41, 5.74) is 2.49. The lowest BCUT2D eigenvalue weighted by Crippen LogP contribution is -2.23. The van der Waals surface area contributed by atoms with Crippen LogP contribution in [0.3, 0.4) is 0 Å². The molecule has 0 saturated carbocycles. The Morgan fingerprint density at radius 2 is 1.85 bits per heavy atom. The highest BCUT2D eigenvalue weighted by Gasteiger charge is 2.20. The molecule has 0 fully saturated rings. The SMILES string of the molecule is Cc1nn(Cc2ccccc2Cl)c(Cl)c1C(=O)NCc1ccc(F)cc1. The summed E-state index contributed by atoms with van der Waals surface area (Å²) in [6, 6.07) is 13.3. The second kappa shape index (κ2) is 7.89. The van der Waals surface area contributed by atoms with Crippen molar-refractivity contribution in [3.8, 4) is 0 Å². The first kappa shape index (κ1) is 18.4. The molecular formula is C19H16Cl2FN3O. The summed E-state index contributed by atoms with van der Waals surface area (Å²) in [7, 11) is 0. The summed E-state index contributed by atoms with van der Waals surface area (Å²) >= 11 is 12.6. The Labute approximate surface area is 160 Å².